The van der Waals surface area contributed by atoms with E-state index in [-0.39, 0.29) is 23.7 Å². The summed E-state index contributed by atoms with van der Waals surface area (Å²) in [5.41, 5.74) is 2.14. The Morgan fingerprint density at radius 3 is 2.26 bits per heavy atom. The monoisotopic (exact) mass is 469 g/mol. The van der Waals surface area contributed by atoms with E-state index in [9.17, 15) is 18.0 Å². The average molecular weight is 470 g/mol. The van der Waals surface area contributed by atoms with Gasteiger partial charge in [-0.1, -0.05) is 60.7 Å². The van der Waals surface area contributed by atoms with Crippen molar-refractivity contribution in [2.24, 2.45) is 0 Å². The molecule has 0 bridgehead atoms. The summed E-state index contributed by atoms with van der Waals surface area (Å²) in [4.78, 5) is 17.3. The number of nitrogens with one attached hydrogen (secondary N) is 1. The van der Waals surface area contributed by atoms with Gasteiger partial charge in [0.25, 0.3) is 5.91 Å². The summed E-state index contributed by atoms with van der Waals surface area (Å²) in [6.45, 7) is 3.24. The van der Waals surface area contributed by atoms with E-state index < -0.39 is 18.3 Å². The van der Waals surface area contributed by atoms with Crippen molar-refractivity contribution in [1.29, 1.82) is 0 Å². The number of benzene rings is 2. The van der Waals surface area contributed by atoms with Crippen LogP contribution in [0.3, 0.4) is 0 Å². The molecule has 2 aliphatic rings. The molecule has 2 aromatic carbocycles. The average Bonchev–Trinajstić information content (AvgIpc) is 3.28. The Morgan fingerprint density at radius 1 is 0.971 bits per heavy atom. The molecule has 9 heteroatoms. The van der Waals surface area contributed by atoms with Crippen molar-refractivity contribution >= 4 is 11.7 Å². The third kappa shape index (κ3) is 4.52. The standard InChI is InChI=1S/C25H26F3N5O/c26-25(27,28)22-15-21(19-9-5-2-6-10-19)30-23-20(16-29-33(22)23)24(34)32-13-11-31(12-14-32)17-18-7-3-1-4-8-18/h1-10,16,21-22,30H,11-15,17H2/t21-,22+/m0/s1. The van der Waals surface area contributed by atoms with Gasteiger partial charge in [-0.05, 0) is 11.1 Å². The normalized spacial score (nSPS) is 21.1. The summed E-state index contributed by atoms with van der Waals surface area (Å²) in [6.07, 6.45) is -3.39. The van der Waals surface area contributed by atoms with Crippen molar-refractivity contribution in [1.82, 2.24) is 19.6 Å². The first-order valence-corrected chi connectivity index (χ1v) is 11.4. The number of rotatable bonds is 4. The molecule has 0 saturated carbocycles. The zero-order valence-corrected chi connectivity index (χ0v) is 18.6. The number of piperazine rings is 1. The third-order valence-corrected chi connectivity index (χ3v) is 6.58. The van der Waals surface area contributed by atoms with Crippen LogP contribution in [0.1, 0.15) is 40.0 Å². The van der Waals surface area contributed by atoms with Crippen molar-refractivity contribution < 1.29 is 18.0 Å². The molecule has 5 rings (SSSR count). The number of halogens is 3. The highest BCUT2D eigenvalue weighted by molar-refractivity contribution is 5.99. The fraction of sp³-hybridized carbons (Fsp3) is 0.360. The first-order valence-electron chi connectivity index (χ1n) is 11.4. The second-order valence-corrected chi connectivity index (χ2v) is 8.81. The molecule has 2 aliphatic heterocycles. The zero-order chi connectivity index (χ0) is 23.7. The van der Waals surface area contributed by atoms with E-state index in [1.165, 1.54) is 11.8 Å². The highest BCUT2D eigenvalue weighted by Gasteiger charge is 2.47. The number of hydrogen-bond acceptors (Lipinski definition) is 4. The molecular formula is C25H26F3N5O. The van der Waals surface area contributed by atoms with Gasteiger partial charge in [-0.15, -0.1) is 0 Å². The summed E-state index contributed by atoms with van der Waals surface area (Å²) < 4.78 is 42.6. The van der Waals surface area contributed by atoms with Crippen molar-refractivity contribution in [3.8, 4) is 0 Å². The molecule has 1 amide bonds. The first-order chi connectivity index (χ1) is 16.4. The van der Waals surface area contributed by atoms with E-state index in [0.29, 0.717) is 26.2 Å². The topological polar surface area (TPSA) is 53.4 Å². The lowest BCUT2D eigenvalue weighted by molar-refractivity contribution is -0.173. The van der Waals surface area contributed by atoms with Gasteiger partial charge in [0.05, 0.1) is 12.2 Å². The van der Waals surface area contributed by atoms with Gasteiger partial charge in [0, 0.05) is 39.1 Å². The van der Waals surface area contributed by atoms with Gasteiger partial charge in [-0.3, -0.25) is 9.69 Å². The van der Waals surface area contributed by atoms with E-state index >= 15 is 0 Å². The molecule has 2 atom stereocenters. The van der Waals surface area contributed by atoms with Crippen LogP contribution in [0.4, 0.5) is 19.0 Å². The van der Waals surface area contributed by atoms with E-state index in [2.05, 4.69) is 27.4 Å². The van der Waals surface area contributed by atoms with Gasteiger partial charge in [0.2, 0.25) is 0 Å². The number of aromatic nitrogens is 2. The second-order valence-electron chi connectivity index (χ2n) is 8.81. The number of nitrogens with zero attached hydrogens (tertiary/aromatic N) is 4. The van der Waals surface area contributed by atoms with Gasteiger partial charge >= 0.3 is 6.18 Å². The highest BCUT2D eigenvalue weighted by atomic mass is 19.4. The van der Waals surface area contributed by atoms with E-state index in [0.717, 1.165) is 16.8 Å². The summed E-state index contributed by atoms with van der Waals surface area (Å²) >= 11 is 0. The van der Waals surface area contributed by atoms with Crippen LogP contribution in [0.25, 0.3) is 0 Å². The Kier molecular flexibility index (Phi) is 6.03. The predicted molar refractivity (Wildman–Crippen MR) is 122 cm³/mol. The molecule has 3 heterocycles. The molecule has 1 fully saturated rings. The van der Waals surface area contributed by atoms with Crippen LogP contribution in [0.15, 0.2) is 66.9 Å². The summed E-state index contributed by atoms with van der Waals surface area (Å²) in [5, 5.41) is 7.16. The molecule has 0 aliphatic carbocycles. The van der Waals surface area contributed by atoms with E-state index in [4.69, 9.17) is 0 Å². The molecule has 34 heavy (non-hydrogen) atoms. The van der Waals surface area contributed by atoms with Crippen LogP contribution in [0.2, 0.25) is 0 Å². The lowest BCUT2D eigenvalue weighted by Crippen LogP contribution is -2.48. The number of alkyl halides is 3. The molecule has 0 spiro atoms. The number of carbonyl (C=O) groups excluding carboxylic acids is 1. The Bertz CT molecular complexity index is 1120. The van der Waals surface area contributed by atoms with Crippen molar-refractivity contribution in [3.63, 3.8) is 0 Å². The lowest BCUT2D eigenvalue weighted by Gasteiger charge is -2.36. The Hall–Kier alpha value is -3.33. The van der Waals surface area contributed by atoms with Crippen molar-refractivity contribution in [2.45, 2.75) is 31.2 Å². The maximum absolute atomic E-state index is 13.9. The van der Waals surface area contributed by atoms with Gasteiger partial charge in [0.15, 0.2) is 6.04 Å². The molecule has 0 unspecified atom stereocenters. The van der Waals surface area contributed by atoms with Crippen LogP contribution >= 0.6 is 0 Å². The Labute approximate surface area is 196 Å². The van der Waals surface area contributed by atoms with Crippen LogP contribution in [0.5, 0.6) is 0 Å². The molecule has 3 aromatic rings. The first kappa shape index (κ1) is 22.5. The number of fused-ring (bicyclic) bond motifs is 1. The highest BCUT2D eigenvalue weighted by Crippen LogP contribution is 2.44. The minimum Gasteiger partial charge on any atom is -0.363 e. The van der Waals surface area contributed by atoms with Crippen LogP contribution < -0.4 is 5.32 Å². The SMILES string of the molecule is O=C(c1cnn2c1N[C@H](c1ccccc1)C[C@@H]2C(F)(F)F)N1CCN(Cc2ccccc2)CC1. The maximum atomic E-state index is 13.9. The second kappa shape index (κ2) is 9.13. The number of hydrogen-bond donors (Lipinski definition) is 1. The molecule has 6 nitrogen and oxygen atoms in total. The van der Waals surface area contributed by atoms with Gasteiger partial charge < -0.3 is 10.2 Å². The maximum Gasteiger partial charge on any atom is 0.410 e. The van der Waals surface area contributed by atoms with Crippen molar-refractivity contribution in [3.05, 3.63) is 83.6 Å². The van der Waals surface area contributed by atoms with Crippen LogP contribution in [0, 0.1) is 0 Å². The molecule has 1 aromatic heterocycles. The molecule has 178 valence electrons. The molecular weight excluding hydrogens is 443 g/mol. The smallest absolute Gasteiger partial charge is 0.363 e. The zero-order valence-electron chi connectivity index (χ0n) is 18.6. The van der Waals surface area contributed by atoms with E-state index in [1.807, 2.05) is 24.3 Å². The number of carbonyl (C=O) groups is 1. The summed E-state index contributed by atoms with van der Waals surface area (Å²) in [7, 11) is 0. The Balaban J connectivity index is 1.33. The quantitative estimate of drug-likeness (QED) is 0.611. The fourth-order valence-corrected chi connectivity index (χ4v) is 4.74. The summed E-state index contributed by atoms with van der Waals surface area (Å²) in [5.74, 6) is -0.151. The van der Waals surface area contributed by atoms with E-state index in [1.54, 1.807) is 29.2 Å². The van der Waals surface area contributed by atoms with Crippen LogP contribution in [-0.2, 0) is 6.54 Å². The van der Waals surface area contributed by atoms with Crippen molar-refractivity contribution in [2.75, 3.05) is 31.5 Å². The summed E-state index contributed by atoms with van der Waals surface area (Å²) in [6, 6.07) is 16.8. The molecule has 1 N–H and O–H groups in total. The lowest BCUT2D eigenvalue weighted by atomic mass is 9.96. The Morgan fingerprint density at radius 2 is 1.62 bits per heavy atom. The van der Waals surface area contributed by atoms with Gasteiger partial charge in [-0.2, -0.15) is 18.3 Å². The third-order valence-electron chi connectivity index (χ3n) is 6.58. The van der Waals surface area contributed by atoms with Crippen LogP contribution in [-0.4, -0.2) is 57.8 Å². The van der Waals surface area contributed by atoms with Gasteiger partial charge in [0.1, 0.15) is 11.4 Å². The number of amides is 1. The van der Waals surface area contributed by atoms with Gasteiger partial charge in [-0.25, -0.2) is 4.68 Å². The predicted octanol–water partition coefficient (Wildman–Crippen LogP) is 4.50. The largest absolute Gasteiger partial charge is 0.410 e. The minimum atomic E-state index is -4.47. The molecule has 1 saturated heterocycles. The molecule has 0 radical (unpaired) electrons. The fourth-order valence-electron chi connectivity index (χ4n) is 4.74. The minimum absolute atomic E-state index is 0.138. The number of anilines is 1.